The number of fused-ring (bicyclic) bond motifs is 8. The van der Waals surface area contributed by atoms with Crippen molar-refractivity contribution in [1.29, 1.82) is 0 Å². The highest BCUT2D eigenvalue weighted by Gasteiger charge is 2.23. The van der Waals surface area contributed by atoms with Crippen molar-refractivity contribution in [3.8, 4) is 33.4 Å². The minimum Gasteiger partial charge on any atom is -0.455 e. The van der Waals surface area contributed by atoms with Crippen molar-refractivity contribution in [2.24, 2.45) is 0 Å². The average Bonchev–Trinajstić information content (AvgIpc) is 2.29. The molecule has 0 radical (unpaired) electrons. The molecule has 0 saturated heterocycles. The molecule has 0 amide bonds. The Morgan fingerprint density at radius 3 is 1.65 bits per heavy atom. The molecule has 3 nitrogen and oxygen atoms in total. The summed E-state index contributed by atoms with van der Waals surface area (Å²) < 4.78 is 249. The lowest BCUT2D eigenvalue weighted by Gasteiger charge is -2.27. The van der Waals surface area contributed by atoms with E-state index in [9.17, 15) is 17.8 Å². The number of para-hydroxylation sites is 2. The van der Waals surface area contributed by atoms with Gasteiger partial charge in [0.05, 0.1) is 41.3 Å². The Balaban J connectivity index is 1.39. The van der Waals surface area contributed by atoms with Crippen LogP contribution in [0.1, 0.15) is 35.6 Å². The largest absolute Gasteiger partial charge is 0.455 e. The summed E-state index contributed by atoms with van der Waals surface area (Å²) in [5.41, 5.74) is -7.03. The molecule has 0 atom stereocenters. The summed E-state index contributed by atoms with van der Waals surface area (Å²) in [4.78, 5) is 0.490. The molecular weight excluding hydrogens is 671 g/mol. The van der Waals surface area contributed by atoms with Crippen molar-refractivity contribution >= 4 is 71.7 Å². The lowest BCUT2D eigenvalue weighted by atomic mass is 9.95. The molecule has 3 heteroatoms. The first-order valence-corrected chi connectivity index (χ1v) is 16.6. The molecular formula is C52H33NO2. The van der Waals surface area contributed by atoms with Gasteiger partial charge in [-0.3, -0.25) is 0 Å². The SMILES string of the molecule is [2H]c1c([2H])c([2H])c(-c2c([2H])c([2H])c(N(c3c([2H])c([2H])c(-c4c([2H])c([2H])c([2H])c([2H])c4[2H])c([2H])c3[2H])c3c([2H])c4c(oc5c([2H])c([2H])c([2H])c(-c6cccc7c6oc6ccccc67)c54)c4c([2H])c([2H])c([2H])c([2H])c34)c([2H])c2[2H])c([2H])c1[2H]. The third kappa shape index (κ3) is 5.13. The molecule has 0 aliphatic carbocycles. The monoisotopic (exact) mass is 729 g/mol. The molecule has 0 bridgehead atoms. The maximum absolute atomic E-state index is 10.4. The third-order valence-electron chi connectivity index (χ3n) is 8.98. The number of hydrogen-bond acceptors (Lipinski definition) is 3. The van der Waals surface area contributed by atoms with Crippen molar-refractivity contribution in [2.45, 2.75) is 0 Å². The van der Waals surface area contributed by atoms with Crippen LogP contribution < -0.4 is 4.90 Å². The van der Waals surface area contributed by atoms with E-state index in [2.05, 4.69) is 0 Å². The van der Waals surface area contributed by atoms with E-state index < -0.39 is 224 Å². The minimum absolute atomic E-state index is 0.105. The van der Waals surface area contributed by atoms with Crippen molar-refractivity contribution in [3.63, 3.8) is 0 Å². The number of rotatable bonds is 6. The molecule has 0 fully saturated rings. The van der Waals surface area contributed by atoms with Gasteiger partial charge in [0, 0.05) is 49.3 Å². The van der Waals surface area contributed by atoms with E-state index in [1.165, 1.54) is 6.07 Å². The zero-order chi connectivity index (χ0) is 58.9. The fraction of sp³-hybridized carbons (Fsp3) is 0. The van der Waals surface area contributed by atoms with E-state index in [0.717, 1.165) is 0 Å². The van der Waals surface area contributed by atoms with Crippen molar-refractivity contribution in [3.05, 3.63) is 200 Å². The first-order chi connectivity index (χ1) is 38.1. The smallest absolute Gasteiger partial charge is 0.143 e. The van der Waals surface area contributed by atoms with Crippen molar-refractivity contribution in [2.75, 3.05) is 4.90 Å². The van der Waals surface area contributed by atoms with Gasteiger partial charge >= 0.3 is 0 Å². The second-order valence-electron chi connectivity index (χ2n) is 12.0. The molecule has 0 aliphatic heterocycles. The Labute approximate surface area is 354 Å². The van der Waals surface area contributed by atoms with E-state index in [1.807, 2.05) is 0 Å². The normalized spacial score (nSPS) is 18.3. The van der Waals surface area contributed by atoms with Gasteiger partial charge in [0.1, 0.15) is 22.3 Å². The maximum atomic E-state index is 10.4. The molecule has 55 heavy (non-hydrogen) atoms. The van der Waals surface area contributed by atoms with Crippen LogP contribution in [0.2, 0.25) is 0 Å². The summed E-state index contributed by atoms with van der Waals surface area (Å²) in [5.74, 6) is 0. The fourth-order valence-corrected chi connectivity index (χ4v) is 6.59. The minimum atomic E-state index is -1.21. The molecule has 2 heterocycles. The topological polar surface area (TPSA) is 29.5 Å². The van der Waals surface area contributed by atoms with Crippen LogP contribution in [0.25, 0.3) is 88.0 Å². The van der Waals surface area contributed by atoms with E-state index in [1.54, 1.807) is 36.4 Å². The second kappa shape index (κ2) is 12.6. The molecule has 11 aromatic rings. The second-order valence-corrected chi connectivity index (χ2v) is 12.0. The van der Waals surface area contributed by atoms with Crippen molar-refractivity contribution in [1.82, 2.24) is 0 Å². The first-order valence-electron chi connectivity index (χ1n) is 29.6. The third-order valence-corrected chi connectivity index (χ3v) is 8.98. The highest BCUT2D eigenvalue weighted by atomic mass is 16.3. The number of anilines is 3. The van der Waals surface area contributed by atoms with E-state index >= 15 is 0 Å². The molecule has 0 spiro atoms. The summed E-state index contributed by atoms with van der Waals surface area (Å²) in [7, 11) is 0. The molecule has 2 aromatic heterocycles. The Morgan fingerprint density at radius 1 is 0.382 bits per heavy atom. The van der Waals surface area contributed by atoms with E-state index in [4.69, 9.17) is 26.7 Å². The summed E-state index contributed by atoms with van der Waals surface area (Å²) in [6.07, 6.45) is 0. The van der Waals surface area contributed by atoms with Crippen molar-refractivity contribution < 1.29 is 44.5 Å². The molecule has 258 valence electrons. The molecule has 0 aliphatic rings. The van der Waals surface area contributed by atoms with Gasteiger partial charge in [0.2, 0.25) is 0 Å². The predicted molar refractivity (Wildman–Crippen MR) is 229 cm³/mol. The van der Waals surface area contributed by atoms with Gasteiger partial charge in [0.25, 0.3) is 0 Å². The van der Waals surface area contributed by atoms with Crippen LogP contribution in [0.3, 0.4) is 0 Å². The van der Waals surface area contributed by atoms with Gasteiger partial charge < -0.3 is 13.7 Å². The zero-order valence-electron chi connectivity index (χ0n) is 53.8. The van der Waals surface area contributed by atoms with Crippen LogP contribution in [-0.4, -0.2) is 0 Å². The highest BCUT2D eigenvalue weighted by Crippen LogP contribution is 2.48. The standard InChI is InChI=1S/C52H33NO2/c1-3-13-34(14-4-1)36-25-29-38(30-26-36)53(39-31-27-37(28-32-39)35-15-5-2-6-16-35)47-33-46-50-42(20-12-24-49(50)55-52(46)43-19-8-7-17-40(43)47)45-22-11-21-44-41-18-9-10-23-48(41)54-51(44)45/h1-33H/i1D,2D,3D,4D,5D,6D,7D,8D,12D,13D,14D,15D,16D,17D,19D,20D,24D,25D,26D,27D,28D,29D,30D,31D,32D,33D. The average molecular weight is 730 g/mol. The number of nitrogens with zero attached hydrogens (tertiary/aromatic N) is 1. The van der Waals surface area contributed by atoms with Gasteiger partial charge in [-0.05, 0) is 70.1 Å². The van der Waals surface area contributed by atoms with Crippen LogP contribution in [0.4, 0.5) is 17.1 Å². The van der Waals surface area contributed by atoms with E-state index in [0.29, 0.717) is 21.3 Å². The van der Waals surface area contributed by atoms with Crippen LogP contribution in [0, 0.1) is 0 Å². The van der Waals surface area contributed by atoms with Crippen LogP contribution in [0.5, 0.6) is 0 Å². The Morgan fingerprint density at radius 2 is 0.964 bits per heavy atom. The summed E-state index contributed by atoms with van der Waals surface area (Å²) in [6.45, 7) is 0. The summed E-state index contributed by atoms with van der Waals surface area (Å²) in [6, 6.07) is -13.7. The van der Waals surface area contributed by atoms with Crippen LogP contribution >= 0.6 is 0 Å². The van der Waals surface area contributed by atoms with Gasteiger partial charge in [-0.2, -0.15) is 0 Å². The predicted octanol–water partition coefficient (Wildman–Crippen LogP) is 15.1. The van der Waals surface area contributed by atoms with Gasteiger partial charge in [-0.15, -0.1) is 0 Å². The Bertz CT molecular complexity index is 4490. The molecule has 9 aromatic carbocycles. The van der Waals surface area contributed by atoms with E-state index in [-0.39, 0.29) is 22.1 Å². The number of hydrogen-bond donors (Lipinski definition) is 0. The maximum Gasteiger partial charge on any atom is 0.143 e. The van der Waals surface area contributed by atoms with Gasteiger partial charge in [-0.25, -0.2) is 0 Å². The molecule has 0 unspecified atom stereocenters. The summed E-state index contributed by atoms with van der Waals surface area (Å²) in [5, 5.41) is -1.03. The first kappa shape index (κ1) is 14.8. The highest BCUT2D eigenvalue weighted by molar-refractivity contribution is 6.24. The van der Waals surface area contributed by atoms with Crippen LogP contribution in [-0.2, 0) is 0 Å². The molecule has 0 saturated carbocycles. The lowest BCUT2D eigenvalue weighted by Crippen LogP contribution is -2.10. The Hall–Kier alpha value is -7.36. The molecule has 11 rings (SSSR count). The van der Waals surface area contributed by atoms with Gasteiger partial charge in [0.15, 0.2) is 0 Å². The Kier molecular flexibility index (Phi) is 3.41. The number of benzene rings is 9. The van der Waals surface area contributed by atoms with Gasteiger partial charge in [-0.1, -0.05) is 157 Å². The lowest BCUT2D eigenvalue weighted by molar-refractivity contribution is 0.670. The zero-order valence-corrected chi connectivity index (χ0v) is 27.8. The summed E-state index contributed by atoms with van der Waals surface area (Å²) >= 11 is 0. The number of furan rings is 2. The van der Waals surface area contributed by atoms with Crippen LogP contribution in [0.15, 0.2) is 208 Å². The fourth-order valence-electron chi connectivity index (χ4n) is 6.59. The molecule has 0 N–H and O–H groups in total. The quantitative estimate of drug-likeness (QED) is 0.171.